The first kappa shape index (κ1) is 13.0. The number of hydrogen-bond acceptors (Lipinski definition) is 5. The molecule has 1 aromatic heterocycles. The number of nitrogens with zero attached hydrogens (tertiary/aromatic N) is 2. The number of carbonyl (C=O) groups is 2. The molecule has 0 aliphatic rings. The fraction of sp³-hybridized carbons (Fsp3) is 0.444. The van der Waals surface area contributed by atoms with Crippen LogP contribution in [0, 0.1) is 0 Å². The van der Waals surface area contributed by atoms with Crippen LogP contribution >= 0.6 is 0 Å². The number of rotatable bonds is 6. The number of hydrogen-bond donors (Lipinski definition) is 3. The highest BCUT2D eigenvalue weighted by atomic mass is 16.5. The van der Waals surface area contributed by atoms with Crippen molar-refractivity contribution >= 4 is 17.5 Å². The van der Waals surface area contributed by atoms with Gasteiger partial charge in [0.05, 0.1) is 12.3 Å². The number of aromatic nitrogens is 2. The van der Waals surface area contributed by atoms with Crippen LogP contribution in [-0.2, 0) is 16.1 Å². The summed E-state index contributed by atoms with van der Waals surface area (Å²) in [6.07, 6.45) is 1.38. The van der Waals surface area contributed by atoms with Gasteiger partial charge in [-0.25, -0.2) is 0 Å². The highest BCUT2D eigenvalue weighted by Gasteiger charge is 2.12. The molecular weight excluding hydrogens is 226 g/mol. The van der Waals surface area contributed by atoms with E-state index in [1.807, 2.05) is 0 Å². The molecule has 0 bridgehead atoms. The average Bonchev–Trinajstić information content (AvgIpc) is 2.60. The molecule has 0 aromatic carbocycles. The lowest BCUT2D eigenvalue weighted by molar-refractivity contribution is -0.122. The summed E-state index contributed by atoms with van der Waals surface area (Å²) in [4.78, 5) is 22.3. The topological polar surface area (TPSA) is 125 Å². The maximum atomic E-state index is 11.4. The number of nitrogens with one attached hydrogen (secondary N) is 1. The molecule has 1 aromatic rings. The second-order valence-electron chi connectivity index (χ2n) is 3.34. The predicted octanol–water partition coefficient (Wildman–Crippen LogP) is -1.67. The number of carbonyl (C=O) groups excluding carboxylic acids is 2. The Morgan fingerprint density at radius 3 is 2.82 bits per heavy atom. The number of amides is 2. The lowest BCUT2D eigenvalue weighted by Gasteiger charge is -2.03. The number of primary amides is 1. The molecule has 17 heavy (non-hydrogen) atoms. The van der Waals surface area contributed by atoms with Crippen molar-refractivity contribution in [3.05, 3.63) is 11.9 Å². The van der Waals surface area contributed by atoms with Gasteiger partial charge in [0.1, 0.15) is 6.54 Å². The Morgan fingerprint density at radius 1 is 1.59 bits per heavy atom. The van der Waals surface area contributed by atoms with Crippen LogP contribution in [0.4, 0.5) is 5.69 Å². The molecule has 0 fully saturated rings. The number of methoxy groups -OCH3 is 1. The van der Waals surface area contributed by atoms with E-state index in [2.05, 4.69) is 10.4 Å². The zero-order chi connectivity index (χ0) is 12.8. The minimum atomic E-state index is -0.721. The summed E-state index contributed by atoms with van der Waals surface area (Å²) in [5.41, 5.74) is 10.7. The number of ether oxygens (including phenoxy) is 1. The molecule has 0 aliphatic heterocycles. The molecule has 8 nitrogen and oxygen atoms in total. The van der Waals surface area contributed by atoms with Crippen molar-refractivity contribution in [2.75, 3.05) is 26.0 Å². The van der Waals surface area contributed by atoms with E-state index in [0.29, 0.717) is 13.2 Å². The van der Waals surface area contributed by atoms with E-state index >= 15 is 0 Å². The fourth-order valence-corrected chi connectivity index (χ4v) is 1.20. The summed E-state index contributed by atoms with van der Waals surface area (Å²) in [6.45, 7) is 0.815. The van der Waals surface area contributed by atoms with E-state index < -0.39 is 5.91 Å². The van der Waals surface area contributed by atoms with Gasteiger partial charge in [-0.15, -0.1) is 0 Å². The Bertz CT molecular complexity index is 415. The van der Waals surface area contributed by atoms with Crippen molar-refractivity contribution in [3.63, 3.8) is 0 Å². The highest BCUT2D eigenvalue weighted by molar-refractivity contribution is 5.95. The Hall–Kier alpha value is -2.09. The van der Waals surface area contributed by atoms with Crippen LogP contribution < -0.4 is 16.8 Å². The van der Waals surface area contributed by atoms with Gasteiger partial charge in [0.15, 0.2) is 5.69 Å². The van der Waals surface area contributed by atoms with Crippen LogP contribution in [0.15, 0.2) is 6.20 Å². The molecule has 0 saturated carbocycles. The van der Waals surface area contributed by atoms with Crippen LogP contribution in [0.5, 0.6) is 0 Å². The van der Waals surface area contributed by atoms with E-state index in [0.717, 1.165) is 0 Å². The number of nitrogen functional groups attached to an aromatic ring is 1. The summed E-state index contributed by atoms with van der Waals surface area (Å²) in [5, 5.41) is 6.41. The Labute approximate surface area is 97.9 Å². The Balaban J connectivity index is 2.54. The molecule has 94 valence electrons. The van der Waals surface area contributed by atoms with Gasteiger partial charge in [-0.1, -0.05) is 0 Å². The third-order valence-corrected chi connectivity index (χ3v) is 1.96. The fourth-order valence-electron chi connectivity index (χ4n) is 1.20. The van der Waals surface area contributed by atoms with E-state index in [4.69, 9.17) is 16.2 Å². The van der Waals surface area contributed by atoms with Gasteiger partial charge < -0.3 is 21.5 Å². The minimum absolute atomic E-state index is 0.0266. The normalized spacial score (nSPS) is 10.2. The van der Waals surface area contributed by atoms with Gasteiger partial charge in [-0.05, 0) is 0 Å². The van der Waals surface area contributed by atoms with Crippen LogP contribution in [0.1, 0.15) is 10.5 Å². The lowest BCUT2D eigenvalue weighted by Crippen LogP contribution is -2.30. The molecule has 0 atom stereocenters. The van der Waals surface area contributed by atoms with E-state index in [1.54, 1.807) is 7.11 Å². The molecule has 0 radical (unpaired) electrons. The third-order valence-electron chi connectivity index (χ3n) is 1.96. The molecule has 1 heterocycles. The van der Waals surface area contributed by atoms with E-state index in [-0.39, 0.29) is 23.8 Å². The quantitative estimate of drug-likeness (QED) is 0.513. The first-order valence-corrected chi connectivity index (χ1v) is 4.93. The molecule has 1 rings (SSSR count). The predicted molar refractivity (Wildman–Crippen MR) is 60.0 cm³/mol. The molecule has 0 spiro atoms. The second-order valence-corrected chi connectivity index (χ2v) is 3.34. The summed E-state index contributed by atoms with van der Waals surface area (Å²) < 4.78 is 6.04. The molecule has 0 unspecified atom stereocenters. The SMILES string of the molecule is COCCNC(=O)Cn1cc(N)c(C(N)=O)n1. The molecule has 8 heteroatoms. The summed E-state index contributed by atoms with van der Waals surface area (Å²) in [7, 11) is 1.54. The maximum Gasteiger partial charge on any atom is 0.271 e. The van der Waals surface area contributed by atoms with E-state index in [1.165, 1.54) is 10.9 Å². The average molecular weight is 241 g/mol. The number of anilines is 1. The highest BCUT2D eigenvalue weighted by Crippen LogP contribution is 2.07. The number of nitrogens with two attached hydrogens (primary N) is 2. The van der Waals surface area contributed by atoms with Crippen molar-refractivity contribution in [3.8, 4) is 0 Å². The largest absolute Gasteiger partial charge is 0.396 e. The zero-order valence-corrected chi connectivity index (χ0v) is 9.47. The molecule has 2 amide bonds. The van der Waals surface area contributed by atoms with Crippen molar-refractivity contribution in [1.82, 2.24) is 15.1 Å². The van der Waals surface area contributed by atoms with Crippen molar-refractivity contribution in [2.24, 2.45) is 5.73 Å². The van der Waals surface area contributed by atoms with Crippen molar-refractivity contribution in [2.45, 2.75) is 6.54 Å². The van der Waals surface area contributed by atoms with Gasteiger partial charge in [-0.3, -0.25) is 14.3 Å². The van der Waals surface area contributed by atoms with Crippen LogP contribution in [0.2, 0.25) is 0 Å². The minimum Gasteiger partial charge on any atom is -0.396 e. The standard InChI is InChI=1S/C9H15N5O3/c1-17-3-2-12-7(15)5-14-4-6(10)8(13-14)9(11)16/h4H,2-3,5,10H2,1H3,(H2,11,16)(H,12,15). The summed E-state index contributed by atoms with van der Waals surface area (Å²) in [5.74, 6) is -0.971. The van der Waals surface area contributed by atoms with E-state index in [9.17, 15) is 9.59 Å². The monoisotopic (exact) mass is 241 g/mol. The van der Waals surface area contributed by atoms with Crippen LogP contribution in [0.3, 0.4) is 0 Å². The van der Waals surface area contributed by atoms with Crippen molar-refractivity contribution in [1.29, 1.82) is 0 Å². The van der Waals surface area contributed by atoms with Gasteiger partial charge in [0, 0.05) is 19.9 Å². The van der Waals surface area contributed by atoms with Gasteiger partial charge >= 0.3 is 0 Å². The summed E-state index contributed by atoms with van der Waals surface area (Å²) >= 11 is 0. The molecule has 5 N–H and O–H groups in total. The van der Waals surface area contributed by atoms with Crippen molar-refractivity contribution < 1.29 is 14.3 Å². The van der Waals surface area contributed by atoms with Gasteiger partial charge in [-0.2, -0.15) is 5.10 Å². The maximum absolute atomic E-state index is 11.4. The zero-order valence-electron chi connectivity index (χ0n) is 9.47. The molecule has 0 aliphatic carbocycles. The second kappa shape index (κ2) is 5.85. The molecular formula is C9H15N5O3. The first-order chi connectivity index (χ1) is 8.04. The Morgan fingerprint density at radius 2 is 2.29 bits per heavy atom. The molecule has 0 saturated heterocycles. The van der Waals surface area contributed by atoms with Crippen LogP contribution in [0.25, 0.3) is 0 Å². The van der Waals surface area contributed by atoms with Gasteiger partial charge in [0.2, 0.25) is 5.91 Å². The van der Waals surface area contributed by atoms with Gasteiger partial charge in [0.25, 0.3) is 5.91 Å². The third kappa shape index (κ3) is 3.76. The Kier molecular flexibility index (Phi) is 4.46. The smallest absolute Gasteiger partial charge is 0.271 e. The lowest BCUT2D eigenvalue weighted by atomic mass is 10.4. The van der Waals surface area contributed by atoms with Crippen LogP contribution in [-0.4, -0.2) is 41.9 Å². The first-order valence-electron chi connectivity index (χ1n) is 4.93. The summed E-state index contributed by atoms with van der Waals surface area (Å²) in [6, 6.07) is 0.